The molecule has 0 fully saturated rings. The molecule has 0 saturated heterocycles. The summed E-state index contributed by atoms with van der Waals surface area (Å²) in [6, 6.07) is 0.712. The predicted octanol–water partition coefficient (Wildman–Crippen LogP) is 2.99. The Labute approximate surface area is 107 Å². The first-order valence-corrected chi connectivity index (χ1v) is 7.15. The average molecular weight is 245 g/mol. The van der Waals surface area contributed by atoms with Crippen molar-refractivity contribution in [1.82, 2.24) is 5.32 Å². The molecule has 0 aromatic carbocycles. The van der Waals surface area contributed by atoms with Crippen LogP contribution in [0.4, 0.5) is 0 Å². The van der Waals surface area contributed by atoms with Crippen LogP contribution >= 0.6 is 0 Å². The predicted molar refractivity (Wildman–Crippen MR) is 73.5 cm³/mol. The lowest BCUT2D eigenvalue weighted by Crippen LogP contribution is -2.28. The normalized spacial score (nSPS) is 12.9. The van der Waals surface area contributed by atoms with Gasteiger partial charge in [-0.3, -0.25) is 0 Å². The van der Waals surface area contributed by atoms with Gasteiger partial charge in [0, 0.05) is 19.8 Å². The number of hydrogen-bond donors (Lipinski definition) is 1. The number of methoxy groups -OCH3 is 1. The quantitative estimate of drug-likeness (QED) is 0.506. The molecule has 1 atom stereocenters. The highest BCUT2D eigenvalue weighted by Gasteiger charge is 2.03. The van der Waals surface area contributed by atoms with Crippen LogP contribution in [0.5, 0.6) is 0 Å². The van der Waals surface area contributed by atoms with Gasteiger partial charge in [-0.1, -0.05) is 26.7 Å². The Bertz CT molecular complexity index is 142. The van der Waals surface area contributed by atoms with Crippen molar-refractivity contribution in [2.24, 2.45) is 0 Å². The first-order chi connectivity index (χ1) is 8.35. The topological polar surface area (TPSA) is 30.5 Å². The molecule has 0 radical (unpaired) electrons. The van der Waals surface area contributed by atoms with Gasteiger partial charge in [0.15, 0.2) is 0 Å². The summed E-state index contributed by atoms with van der Waals surface area (Å²) in [5, 5.41) is 3.59. The highest BCUT2D eigenvalue weighted by Crippen LogP contribution is 2.06. The molecule has 0 aliphatic rings. The van der Waals surface area contributed by atoms with E-state index >= 15 is 0 Å². The standard InChI is InChI=1S/C14H31NO2/c1-4-10-15-14(5-2)9-7-6-8-11-17-13-12-16-3/h14-15H,4-13H2,1-3H3. The highest BCUT2D eigenvalue weighted by molar-refractivity contribution is 4.64. The first kappa shape index (κ1) is 16.9. The number of ether oxygens (including phenoxy) is 2. The maximum absolute atomic E-state index is 5.43. The lowest BCUT2D eigenvalue weighted by molar-refractivity contribution is 0.0685. The summed E-state index contributed by atoms with van der Waals surface area (Å²) < 4.78 is 10.4. The van der Waals surface area contributed by atoms with E-state index in [0.29, 0.717) is 12.6 Å². The molecule has 17 heavy (non-hydrogen) atoms. The van der Waals surface area contributed by atoms with Crippen LogP contribution in [0.3, 0.4) is 0 Å². The SMILES string of the molecule is CCCNC(CC)CCCCCOCCOC. The van der Waals surface area contributed by atoms with E-state index in [9.17, 15) is 0 Å². The van der Waals surface area contributed by atoms with E-state index in [4.69, 9.17) is 9.47 Å². The molecule has 3 nitrogen and oxygen atoms in total. The van der Waals surface area contributed by atoms with Crippen molar-refractivity contribution in [1.29, 1.82) is 0 Å². The largest absolute Gasteiger partial charge is 0.382 e. The monoisotopic (exact) mass is 245 g/mol. The molecule has 0 bridgehead atoms. The van der Waals surface area contributed by atoms with Crippen LogP contribution in [0.25, 0.3) is 0 Å². The molecule has 1 unspecified atom stereocenters. The van der Waals surface area contributed by atoms with Gasteiger partial charge in [-0.25, -0.2) is 0 Å². The van der Waals surface area contributed by atoms with E-state index in [-0.39, 0.29) is 0 Å². The molecule has 0 aliphatic heterocycles. The second-order valence-corrected chi connectivity index (χ2v) is 4.51. The van der Waals surface area contributed by atoms with Gasteiger partial charge in [-0.2, -0.15) is 0 Å². The van der Waals surface area contributed by atoms with Gasteiger partial charge in [-0.05, 0) is 32.2 Å². The Hall–Kier alpha value is -0.120. The summed E-state index contributed by atoms with van der Waals surface area (Å²) in [5.74, 6) is 0. The highest BCUT2D eigenvalue weighted by atomic mass is 16.5. The van der Waals surface area contributed by atoms with Crippen molar-refractivity contribution in [3.63, 3.8) is 0 Å². The molecule has 0 aromatic rings. The Morgan fingerprint density at radius 1 is 1.00 bits per heavy atom. The third-order valence-corrected chi connectivity index (χ3v) is 2.95. The van der Waals surface area contributed by atoms with E-state index in [1.807, 2.05) is 0 Å². The fourth-order valence-electron chi connectivity index (χ4n) is 1.81. The van der Waals surface area contributed by atoms with Crippen LogP contribution in [-0.2, 0) is 9.47 Å². The molecule has 0 saturated carbocycles. The van der Waals surface area contributed by atoms with Gasteiger partial charge in [0.05, 0.1) is 13.2 Å². The summed E-state index contributed by atoms with van der Waals surface area (Å²) in [7, 11) is 1.71. The number of nitrogens with one attached hydrogen (secondary N) is 1. The number of unbranched alkanes of at least 4 members (excludes halogenated alkanes) is 2. The minimum atomic E-state index is 0.707. The van der Waals surface area contributed by atoms with E-state index in [1.165, 1.54) is 38.5 Å². The van der Waals surface area contributed by atoms with Gasteiger partial charge in [0.25, 0.3) is 0 Å². The lowest BCUT2D eigenvalue weighted by atomic mass is 10.1. The first-order valence-electron chi connectivity index (χ1n) is 7.15. The second-order valence-electron chi connectivity index (χ2n) is 4.51. The van der Waals surface area contributed by atoms with E-state index in [1.54, 1.807) is 7.11 Å². The summed E-state index contributed by atoms with van der Waals surface area (Å²) in [6.45, 7) is 7.95. The molecule has 3 heteroatoms. The average Bonchev–Trinajstić information content (AvgIpc) is 2.36. The van der Waals surface area contributed by atoms with Crippen molar-refractivity contribution >= 4 is 0 Å². The van der Waals surface area contributed by atoms with Gasteiger partial charge in [-0.15, -0.1) is 0 Å². The fourth-order valence-corrected chi connectivity index (χ4v) is 1.81. The molecule has 104 valence electrons. The third kappa shape index (κ3) is 12.1. The van der Waals surface area contributed by atoms with Crippen LogP contribution in [-0.4, -0.2) is 39.5 Å². The molecule has 0 aliphatic carbocycles. The third-order valence-electron chi connectivity index (χ3n) is 2.95. The van der Waals surface area contributed by atoms with Crippen molar-refractivity contribution in [2.75, 3.05) is 33.5 Å². The van der Waals surface area contributed by atoms with Crippen molar-refractivity contribution in [2.45, 2.75) is 58.4 Å². The van der Waals surface area contributed by atoms with Crippen molar-refractivity contribution < 1.29 is 9.47 Å². The molecular formula is C14H31NO2. The fraction of sp³-hybridized carbons (Fsp3) is 1.00. The lowest BCUT2D eigenvalue weighted by Gasteiger charge is -2.16. The zero-order chi connectivity index (χ0) is 12.8. The van der Waals surface area contributed by atoms with Crippen LogP contribution < -0.4 is 5.32 Å². The summed E-state index contributed by atoms with van der Waals surface area (Å²) >= 11 is 0. The van der Waals surface area contributed by atoms with Crippen molar-refractivity contribution in [3.05, 3.63) is 0 Å². The van der Waals surface area contributed by atoms with Crippen molar-refractivity contribution in [3.8, 4) is 0 Å². The van der Waals surface area contributed by atoms with Crippen LogP contribution in [0.2, 0.25) is 0 Å². The molecule has 0 heterocycles. The van der Waals surface area contributed by atoms with E-state index in [0.717, 1.165) is 19.8 Å². The van der Waals surface area contributed by atoms with Crippen LogP contribution in [0.1, 0.15) is 52.4 Å². The maximum atomic E-state index is 5.43. The van der Waals surface area contributed by atoms with Crippen LogP contribution in [0, 0.1) is 0 Å². The Morgan fingerprint density at radius 2 is 1.82 bits per heavy atom. The summed E-state index contributed by atoms with van der Waals surface area (Å²) in [4.78, 5) is 0. The zero-order valence-corrected chi connectivity index (χ0v) is 12.0. The summed E-state index contributed by atoms with van der Waals surface area (Å²) in [5.41, 5.74) is 0. The Morgan fingerprint density at radius 3 is 2.47 bits per heavy atom. The zero-order valence-electron chi connectivity index (χ0n) is 12.0. The maximum Gasteiger partial charge on any atom is 0.0700 e. The molecule has 0 spiro atoms. The van der Waals surface area contributed by atoms with Gasteiger partial charge >= 0.3 is 0 Å². The van der Waals surface area contributed by atoms with E-state index < -0.39 is 0 Å². The molecule has 1 N–H and O–H groups in total. The molecule has 0 rings (SSSR count). The number of hydrogen-bond acceptors (Lipinski definition) is 3. The summed E-state index contributed by atoms with van der Waals surface area (Å²) in [6.07, 6.45) is 7.52. The van der Waals surface area contributed by atoms with E-state index in [2.05, 4.69) is 19.2 Å². The van der Waals surface area contributed by atoms with Gasteiger partial charge in [0.2, 0.25) is 0 Å². The number of rotatable bonds is 13. The second kappa shape index (κ2) is 13.9. The minimum absolute atomic E-state index is 0.707. The smallest absolute Gasteiger partial charge is 0.0700 e. The molecule has 0 amide bonds. The minimum Gasteiger partial charge on any atom is -0.382 e. The van der Waals surface area contributed by atoms with Gasteiger partial charge < -0.3 is 14.8 Å². The van der Waals surface area contributed by atoms with Crippen LogP contribution in [0.15, 0.2) is 0 Å². The Kier molecular flexibility index (Phi) is 13.8. The Balaban J connectivity index is 3.19. The molecular weight excluding hydrogens is 214 g/mol. The van der Waals surface area contributed by atoms with Gasteiger partial charge in [0.1, 0.15) is 0 Å². The molecule has 0 aromatic heterocycles.